The zero-order chi connectivity index (χ0) is 14.3. The highest BCUT2D eigenvalue weighted by molar-refractivity contribution is 5.95. The minimum absolute atomic E-state index is 0.00302. The lowest BCUT2D eigenvalue weighted by Gasteiger charge is -2.29. The number of amides is 4. The van der Waals surface area contributed by atoms with Crippen molar-refractivity contribution in [3.63, 3.8) is 0 Å². The summed E-state index contributed by atoms with van der Waals surface area (Å²) in [6, 6.07) is -0.549. The van der Waals surface area contributed by atoms with Crippen molar-refractivity contribution >= 4 is 17.8 Å². The van der Waals surface area contributed by atoms with E-state index < -0.39 is 11.9 Å². The molecule has 108 valence electrons. The predicted molar refractivity (Wildman–Crippen MR) is 69.5 cm³/mol. The van der Waals surface area contributed by atoms with Crippen LogP contribution < -0.4 is 16.0 Å². The van der Waals surface area contributed by atoms with Crippen molar-refractivity contribution < 1.29 is 14.4 Å². The van der Waals surface area contributed by atoms with E-state index in [1.807, 2.05) is 0 Å². The summed E-state index contributed by atoms with van der Waals surface area (Å²) in [5, 5.41) is 7.60. The molecule has 0 aromatic heterocycles. The maximum Gasteiger partial charge on any atom is 0.321 e. The van der Waals surface area contributed by atoms with Crippen molar-refractivity contribution in [3.05, 3.63) is 0 Å². The molecule has 1 heterocycles. The number of carbonyl (C=O) groups excluding carboxylic acids is 3. The lowest BCUT2D eigenvalue weighted by molar-refractivity contribution is -0.133. The van der Waals surface area contributed by atoms with Gasteiger partial charge in [0.1, 0.15) is 0 Å². The Morgan fingerprint density at radius 3 is 2.42 bits per heavy atom. The molecule has 0 aromatic rings. The van der Waals surface area contributed by atoms with Gasteiger partial charge in [-0.25, -0.2) is 4.79 Å². The number of urea groups is 1. The summed E-state index contributed by atoms with van der Waals surface area (Å²) in [5.74, 6) is -0.438. The van der Waals surface area contributed by atoms with Gasteiger partial charge in [-0.1, -0.05) is 0 Å². The summed E-state index contributed by atoms with van der Waals surface area (Å²) < 4.78 is 0. The normalized spacial score (nSPS) is 15.2. The molecule has 4 amide bonds. The lowest BCUT2D eigenvalue weighted by atomic mass is 10.3. The van der Waals surface area contributed by atoms with E-state index >= 15 is 0 Å². The molecule has 1 aliphatic rings. The van der Waals surface area contributed by atoms with E-state index in [0.29, 0.717) is 13.1 Å². The van der Waals surface area contributed by atoms with E-state index in [1.165, 1.54) is 7.05 Å². The first-order valence-corrected chi connectivity index (χ1v) is 6.21. The number of imide groups is 1. The number of rotatable bonds is 4. The van der Waals surface area contributed by atoms with Gasteiger partial charge in [0.05, 0.1) is 13.1 Å². The van der Waals surface area contributed by atoms with E-state index in [2.05, 4.69) is 16.0 Å². The van der Waals surface area contributed by atoms with Crippen molar-refractivity contribution in [1.29, 1.82) is 0 Å². The quantitative estimate of drug-likeness (QED) is 0.540. The molecular weight excluding hydrogens is 250 g/mol. The Kier molecular flexibility index (Phi) is 6.23. The summed E-state index contributed by atoms with van der Waals surface area (Å²) >= 11 is 0. The van der Waals surface area contributed by atoms with Crippen LogP contribution in [0.15, 0.2) is 0 Å². The minimum Gasteiger partial charge on any atom is -0.341 e. The number of likely N-dealkylation sites (N-methyl/N-ethyl adjacent to an activating group) is 1. The molecule has 0 unspecified atom stereocenters. The molecule has 1 aliphatic heterocycles. The largest absolute Gasteiger partial charge is 0.341 e. The first kappa shape index (κ1) is 15.4. The van der Waals surface area contributed by atoms with Crippen LogP contribution in [0, 0.1) is 0 Å². The van der Waals surface area contributed by atoms with Crippen LogP contribution in [0.2, 0.25) is 0 Å². The highest BCUT2D eigenvalue weighted by Gasteiger charge is 2.18. The topological polar surface area (TPSA) is 93.8 Å². The third kappa shape index (κ3) is 5.66. The number of carbonyl (C=O) groups is 3. The fraction of sp³-hybridized carbons (Fsp3) is 0.727. The van der Waals surface area contributed by atoms with Crippen LogP contribution in [-0.4, -0.2) is 81.0 Å². The fourth-order valence-electron chi connectivity index (χ4n) is 1.77. The molecule has 8 nitrogen and oxygen atoms in total. The van der Waals surface area contributed by atoms with E-state index in [1.54, 1.807) is 16.8 Å². The number of nitrogens with one attached hydrogen (secondary N) is 3. The fourth-order valence-corrected chi connectivity index (χ4v) is 1.77. The Labute approximate surface area is 112 Å². The maximum atomic E-state index is 11.9. The van der Waals surface area contributed by atoms with Crippen molar-refractivity contribution in [1.82, 2.24) is 25.8 Å². The Morgan fingerprint density at radius 2 is 1.84 bits per heavy atom. The summed E-state index contributed by atoms with van der Waals surface area (Å²) in [5.41, 5.74) is 0. The number of nitrogens with zero attached hydrogens (tertiary/aromatic N) is 2. The van der Waals surface area contributed by atoms with E-state index in [0.717, 1.165) is 13.1 Å². The Hall–Kier alpha value is -1.67. The van der Waals surface area contributed by atoms with Crippen molar-refractivity contribution in [2.75, 3.05) is 53.4 Å². The van der Waals surface area contributed by atoms with E-state index in [-0.39, 0.29) is 19.0 Å². The molecule has 19 heavy (non-hydrogen) atoms. The zero-order valence-electron chi connectivity index (χ0n) is 11.4. The second-order valence-corrected chi connectivity index (χ2v) is 4.43. The highest BCUT2D eigenvalue weighted by Crippen LogP contribution is 1.95. The first-order valence-electron chi connectivity index (χ1n) is 6.21. The average molecular weight is 271 g/mol. The van der Waals surface area contributed by atoms with Gasteiger partial charge in [-0.2, -0.15) is 0 Å². The summed E-state index contributed by atoms with van der Waals surface area (Å²) in [6.07, 6.45) is 0. The Bertz CT molecular complexity index is 341. The smallest absolute Gasteiger partial charge is 0.321 e. The summed E-state index contributed by atoms with van der Waals surface area (Å²) in [4.78, 5) is 37.6. The van der Waals surface area contributed by atoms with Gasteiger partial charge >= 0.3 is 6.03 Å². The van der Waals surface area contributed by atoms with Gasteiger partial charge in [-0.05, 0) is 7.05 Å². The molecule has 0 atom stereocenters. The Balaban J connectivity index is 2.29. The summed E-state index contributed by atoms with van der Waals surface area (Å²) in [7, 11) is 3.10. The standard InChI is InChI=1S/C11H21N5O3/c1-12-11(19)14-9(17)7-15(2)8-10(18)16-5-3-13-4-6-16/h13H,3-8H2,1-2H3,(H2,12,14,17,19). The van der Waals surface area contributed by atoms with Gasteiger partial charge in [-0.15, -0.1) is 0 Å². The minimum atomic E-state index is -0.549. The molecule has 0 spiro atoms. The third-order valence-corrected chi connectivity index (χ3v) is 2.77. The number of hydrogen-bond donors (Lipinski definition) is 3. The molecule has 0 radical (unpaired) electrons. The molecule has 8 heteroatoms. The van der Waals surface area contributed by atoms with Crippen LogP contribution >= 0.6 is 0 Å². The lowest BCUT2D eigenvalue weighted by Crippen LogP contribution is -2.50. The van der Waals surface area contributed by atoms with Crippen molar-refractivity contribution in [3.8, 4) is 0 Å². The van der Waals surface area contributed by atoms with Crippen molar-refractivity contribution in [2.45, 2.75) is 0 Å². The van der Waals surface area contributed by atoms with E-state index in [4.69, 9.17) is 0 Å². The molecule has 1 saturated heterocycles. The monoisotopic (exact) mass is 271 g/mol. The first-order chi connectivity index (χ1) is 9.02. The molecule has 0 bridgehead atoms. The van der Waals surface area contributed by atoms with Crippen LogP contribution in [-0.2, 0) is 9.59 Å². The van der Waals surface area contributed by atoms with Gasteiger partial charge in [0.25, 0.3) is 0 Å². The maximum absolute atomic E-state index is 11.9. The second kappa shape index (κ2) is 7.70. The second-order valence-electron chi connectivity index (χ2n) is 4.43. The van der Waals surface area contributed by atoms with Crippen molar-refractivity contribution in [2.24, 2.45) is 0 Å². The average Bonchev–Trinajstić information content (AvgIpc) is 2.39. The zero-order valence-corrected chi connectivity index (χ0v) is 11.4. The Morgan fingerprint density at radius 1 is 1.21 bits per heavy atom. The van der Waals surface area contributed by atoms with Gasteiger partial charge in [-0.3, -0.25) is 19.8 Å². The van der Waals surface area contributed by atoms with Crippen LogP contribution in [0.1, 0.15) is 0 Å². The molecule has 0 aliphatic carbocycles. The molecule has 3 N–H and O–H groups in total. The van der Waals surface area contributed by atoms with Crippen LogP contribution in [0.25, 0.3) is 0 Å². The van der Waals surface area contributed by atoms with Gasteiger partial charge in [0, 0.05) is 33.2 Å². The predicted octanol–water partition coefficient (Wildman–Crippen LogP) is -2.19. The van der Waals surface area contributed by atoms with Gasteiger partial charge in [0.2, 0.25) is 11.8 Å². The number of piperazine rings is 1. The SMILES string of the molecule is CNC(=O)NC(=O)CN(C)CC(=O)N1CCNCC1. The van der Waals surface area contributed by atoms with E-state index in [9.17, 15) is 14.4 Å². The van der Waals surface area contributed by atoms with Crippen LogP contribution in [0.5, 0.6) is 0 Å². The summed E-state index contributed by atoms with van der Waals surface area (Å²) in [6.45, 7) is 3.15. The molecule has 0 saturated carbocycles. The molecule has 1 rings (SSSR count). The molecule has 1 fully saturated rings. The van der Waals surface area contributed by atoms with Gasteiger partial charge < -0.3 is 15.5 Å². The van der Waals surface area contributed by atoms with Gasteiger partial charge in [0.15, 0.2) is 0 Å². The van der Waals surface area contributed by atoms with Crippen LogP contribution in [0.3, 0.4) is 0 Å². The van der Waals surface area contributed by atoms with Crippen LogP contribution in [0.4, 0.5) is 4.79 Å². The molecule has 0 aromatic carbocycles. The number of hydrogen-bond acceptors (Lipinski definition) is 5. The molecular formula is C11H21N5O3. The third-order valence-electron chi connectivity index (χ3n) is 2.77. The highest BCUT2D eigenvalue weighted by atomic mass is 16.2.